The van der Waals surface area contributed by atoms with E-state index in [1.54, 1.807) is 74.5 Å². The Balaban J connectivity index is 1.72. The highest BCUT2D eigenvalue weighted by molar-refractivity contribution is 6.06. The van der Waals surface area contributed by atoms with Crippen molar-refractivity contribution in [2.24, 2.45) is 11.8 Å². The third kappa shape index (κ3) is 6.62. The van der Waals surface area contributed by atoms with Crippen molar-refractivity contribution >= 4 is 28.7 Å². The number of nitriles is 1. The Morgan fingerprint density at radius 1 is 0.732 bits per heavy atom. The van der Waals surface area contributed by atoms with Crippen molar-refractivity contribution in [3.05, 3.63) is 90.0 Å². The molecule has 7 nitrogen and oxygen atoms in total. The van der Waals surface area contributed by atoms with Crippen LogP contribution in [0.5, 0.6) is 17.2 Å². The summed E-state index contributed by atoms with van der Waals surface area (Å²) in [6.45, 7) is 7.28. The fourth-order valence-electron chi connectivity index (χ4n) is 4.02. The van der Waals surface area contributed by atoms with E-state index in [1.807, 2.05) is 26.0 Å². The lowest BCUT2D eigenvalue weighted by atomic mass is 10.0. The van der Waals surface area contributed by atoms with Crippen molar-refractivity contribution in [3.8, 4) is 34.4 Å². The topological polar surface area (TPSA) is 103 Å². The molecule has 0 saturated carbocycles. The van der Waals surface area contributed by atoms with Crippen LogP contribution in [0, 0.1) is 23.2 Å². The second-order valence-corrected chi connectivity index (χ2v) is 9.86. The molecular formula is C34H31NO6. The van der Waals surface area contributed by atoms with Gasteiger partial charge in [-0.1, -0.05) is 76.2 Å². The maximum absolute atomic E-state index is 13.6. The first kappa shape index (κ1) is 29.0. The maximum atomic E-state index is 13.6. The van der Waals surface area contributed by atoms with Gasteiger partial charge in [-0.15, -0.1) is 0 Å². The van der Waals surface area contributed by atoms with Crippen molar-refractivity contribution in [2.75, 3.05) is 0 Å². The molecule has 4 rings (SSSR count). The highest BCUT2D eigenvalue weighted by Gasteiger charge is 2.26. The van der Waals surface area contributed by atoms with Gasteiger partial charge in [0, 0.05) is 10.8 Å². The molecule has 0 saturated heterocycles. The van der Waals surface area contributed by atoms with Gasteiger partial charge in [-0.05, 0) is 54.3 Å². The van der Waals surface area contributed by atoms with E-state index < -0.39 is 23.8 Å². The number of carbonyl (C=O) groups is 3. The molecule has 0 N–H and O–H groups in total. The number of hydrogen-bond acceptors (Lipinski definition) is 7. The number of ether oxygens (including phenoxy) is 3. The van der Waals surface area contributed by atoms with Crippen LogP contribution in [0.3, 0.4) is 0 Å². The Hall–Kier alpha value is -4.96. The van der Waals surface area contributed by atoms with Crippen LogP contribution in [-0.2, 0) is 9.59 Å². The lowest BCUT2D eigenvalue weighted by Crippen LogP contribution is -2.21. The van der Waals surface area contributed by atoms with Crippen LogP contribution in [0.1, 0.15) is 56.5 Å². The molecule has 0 aliphatic carbocycles. The molecule has 0 bridgehead atoms. The summed E-state index contributed by atoms with van der Waals surface area (Å²) in [7, 11) is 0. The molecule has 0 amide bonds. The summed E-state index contributed by atoms with van der Waals surface area (Å²) in [5.41, 5.74) is 2.31. The minimum absolute atomic E-state index is 0.0385. The van der Waals surface area contributed by atoms with Crippen LogP contribution in [0.25, 0.3) is 21.9 Å². The molecule has 0 spiro atoms. The van der Waals surface area contributed by atoms with Crippen LogP contribution in [0.4, 0.5) is 0 Å². The monoisotopic (exact) mass is 549 g/mol. The van der Waals surface area contributed by atoms with Gasteiger partial charge in [-0.3, -0.25) is 9.59 Å². The zero-order chi connectivity index (χ0) is 29.5. The fraction of sp³-hybridized carbons (Fsp3) is 0.235. The zero-order valence-electron chi connectivity index (χ0n) is 23.5. The lowest BCUT2D eigenvalue weighted by Gasteiger charge is -2.18. The highest BCUT2D eigenvalue weighted by Crippen LogP contribution is 2.38. The van der Waals surface area contributed by atoms with E-state index in [1.165, 1.54) is 6.07 Å². The lowest BCUT2D eigenvalue weighted by molar-refractivity contribution is -0.139. The van der Waals surface area contributed by atoms with Gasteiger partial charge in [0.1, 0.15) is 17.1 Å². The third-order valence-corrected chi connectivity index (χ3v) is 7.03. The number of hydrogen-bond donors (Lipinski definition) is 0. The first-order valence-electron chi connectivity index (χ1n) is 13.6. The predicted octanol–water partition coefficient (Wildman–Crippen LogP) is 7.50. The SMILES string of the molecule is CCC(C)C(=O)Oc1cc(C(=O)Oc2ccc(-c3ccc(C#N)cc3)cc2)c(OC(=O)C(C)CC)c2ccccc12. The van der Waals surface area contributed by atoms with Crippen molar-refractivity contribution in [2.45, 2.75) is 40.5 Å². The van der Waals surface area contributed by atoms with Gasteiger partial charge in [0.05, 0.1) is 23.5 Å². The van der Waals surface area contributed by atoms with E-state index >= 15 is 0 Å². The smallest absolute Gasteiger partial charge is 0.347 e. The van der Waals surface area contributed by atoms with Gasteiger partial charge in [0.2, 0.25) is 0 Å². The van der Waals surface area contributed by atoms with Crippen LogP contribution in [-0.4, -0.2) is 17.9 Å². The van der Waals surface area contributed by atoms with Gasteiger partial charge in [-0.25, -0.2) is 4.79 Å². The molecular weight excluding hydrogens is 518 g/mol. The average molecular weight is 550 g/mol. The van der Waals surface area contributed by atoms with E-state index in [2.05, 4.69) is 6.07 Å². The summed E-state index contributed by atoms with van der Waals surface area (Å²) >= 11 is 0. The fourth-order valence-corrected chi connectivity index (χ4v) is 4.02. The van der Waals surface area contributed by atoms with Crippen LogP contribution < -0.4 is 14.2 Å². The summed E-state index contributed by atoms with van der Waals surface area (Å²) < 4.78 is 17.2. The number of nitrogens with zero attached hydrogens (tertiary/aromatic N) is 1. The van der Waals surface area contributed by atoms with Crippen molar-refractivity contribution in [1.82, 2.24) is 0 Å². The average Bonchev–Trinajstić information content (AvgIpc) is 3.01. The van der Waals surface area contributed by atoms with Crippen molar-refractivity contribution < 1.29 is 28.6 Å². The molecule has 0 radical (unpaired) electrons. The van der Waals surface area contributed by atoms with E-state index in [-0.39, 0.29) is 28.7 Å². The molecule has 41 heavy (non-hydrogen) atoms. The molecule has 2 atom stereocenters. The Bertz CT molecular complexity index is 1620. The standard InChI is InChI=1S/C34H31NO6/c1-5-21(3)32(36)40-30-19-29(31(41-33(37)22(4)6-2)28-10-8-7-9-27(28)30)34(38)39-26-17-15-25(16-18-26)24-13-11-23(20-35)12-14-24/h7-19,21-22H,5-6H2,1-4H3. The Morgan fingerprint density at radius 2 is 1.27 bits per heavy atom. The van der Waals surface area contributed by atoms with Gasteiger partial charge in [-0.2, -0.15) is 5.26 Å². The van der Waals surface area contributed by atoms with E-state index in [0.29, 0.717) is 29.2 Å². The number of benzene rings is 4. The van der Waals surface area contributed by atoms with E-state index in [0.717, 1.165) is 11.1 Å². The Morgan fingerprint density at radius 3 is 1.83 bits per heavy atom. The number of rotatable bonds is 9. The van der Waals surface area contributed by atoms with E-state index in [4.69, 9.17) is 19.5 Å². The summed E-state index contributed by atoms with van der Waals surface area (Å²) in [5, 5.41) is 10.00. The highest BCUT2D eigenvalue weighted by atomic mass is 16.6. The Labute approximate surface area is 239 Å². The quantitative estimate of drug-likeness (QED) is 0.157. The molecule has 4 aromatic rings. The summed E-state index contributed by atoms with van der Waals surface area (Å²) in [6.07, 6.45) is 1.15. The second kappa shape index (κ2) is 12.9. The summed E-state index contributed by atoms with van der Waals surface area (Å²) in [5.74, 6) is -1.92. The summed E-state index contributed by atoms with van der Waals surface area (Å²) in [4.78, 5) is 39.1. The number of carbonyl (C=O) groups excluding carboxylic acids is 3. The number of fused-ring (bicyclic) bond motifs is 1. The maximum Gasteiger partial charge on any atom is 0.347 e. The van der Waals surface area contributed by atoms with Gasteiger partial charge < -0.3 is 14.2 Å². The minimum Gasteiger partial charge on any atom is -0.426 e. The van der Waals surface area contributed by atoms with Crippen molar-refractivity contribution in [3.63, 3.8) is 0 Å². The first-order valence-corrected chi connectivity index (χ1v) is 13.6. The van der Waals surface area contributed by atoms with Gasteiger partial charge >= 0.3 is 17.9 Å². The molecule has 4 aromatic carbocycles. The predicted molar refractivity (Wildman–Crippen MR) is 156 cm³/mol. The normalized spacial score (nSPS) is 12.2. The third-order valence-electron chi connectivity index (χ3n) is 7.03. The largest absolute Gasteiger partial charge is 0.426 e. The molecule has 7 heteroatoms. The molecule has 0 aliphatic rings. The van der Waals surface area contributed by atoms with Crippen LogP contribution in [0.15, 0.2) is 78.9 Å². The van der Waals surface area contributed by atoms with Crippen LogP contribution >= 0.6 is 0 Å². The van der Waals surface area contributed by atoms with Crippen LogP contribution in [0.2, 0.25) is 0 Å². The first-order chi connectivity index (χ1) is 19.7. The second-order valence-electron chi connectivity index (χ2n) is 9.86. The molecule has 0 fully saturated rings. The zero-order valence-corrected chi connectivity index (χ0v) is 23.5. The molecule has 0 aromatic heterocycles. The Kier molecular flexibility index (Phi) is 9.15. The van der Waals surface area contributed by atoms with Gasteiger partial charge in [0.25, 0.3) is 0 Å². The molecule has 208 valence electrons. The molecule has 2 unspecified atom stereocenters. The molecule has 0 aliphatic heterocycles. The van der Waals surface area contributed by atoms with Crippen molar-refractivity contribution in [1.29, 1.82) is 5.26 Å². The number of esters is 3. The minimum atomic E-state index is -0.769. The van der Waals surface area contributed by atoms with Gasteiger partial charge in [0.15, 0.2) is 5.75 Å². The van der Waals surface area contributed by atoms with E-state index in [9.17, 15) is 14.4 Å². The summed E-state index contributed by atoms with van der Waals surface area (Å²) in [6, 6.07) is 24.5. The molecule has 0 heterocycles.